The van der Waals surface area contributed by atoms with Crippen LogP contribution in [0.25, 0.3) is 0 Å². The van der Waals surface area contributed by atoms with E-state index in [0.717, 1.165) is 16.7 Å². The molecule has 0 fully saturated rings. The maximum absolute atomic E-state index is 12.5. The predicted octanol–water partition coefficient (Wildman–Crippen LogP) is 3.34. The van der Waals surface area contributed by atoms with Gasteiger partial charge in [0.25, 0.3) is 0 Å². The standard InChI is InChI=1S/C29H32N4O4/c1-29(2,33-18-27(36)24-10-11-26(35)25(14-24)32-19-34)15-23-5-3-4-22(12-23)13-28(37)31-17-21-8-6-20(16-30)7-9-21/h3-12,14,19,27,33,35-36H,13,15,17-18H2,1-2H3,(H,31,37)(H,32,34)/t27-/m0/s1. The van der Waals surface area contributed by atoms with Gasteiger partial charge in [-0.15, -0.1) is 0 Å². The predicted molar refractivity (Wildman–Crippen MR) is 142 cm³/mol. The second-order valence-corrected chi connectivity index (χ2v) is 9.58. The van der Waals surface area contributed by atoms with Crippen molar-refractivity contribution in [2.24, 2.45) is 0 Å². The average Bonchev–Trinajstić information content (AvgIpc) is 2.88. The number of hydrogen-bond donors (Lipinski definition) is 5. The number of aliphatic hydroxyl groups is 1. The summed E-state index contributed by atoms with van der Waals surface area (Å²) in [7, 11) is 0. The summed E-state index contributed by atoms with van der Waals surface area (Å²) in [6, 6.07) is 21.6. The molecule has 0 bridgehead atoms. The zero-order chi connectivity index (χ0) is 26.8. The molecular weight excluding hydrogens is 468 g/mol. The van der Waals surface area contributed by atoms with Gasteiger partial charge in [-0.3, -0.25) is 9.59 Å². The van der Waals surface area contributed by atoms with Gasteiger partial charge in [0.1, 0.15) is 5.75 Å². The van der Waals surface area contributed by atoms with Crippen LogP contribution in [0.4, 0.5) is 5.69 Å². The lowest BCUT2D eigenvalue weighted by Crippen LogP contribution is -2.43. The highest BCUT2D eigenvalue weighted by atomic mass is 16.3. The Hall–Kier alpha value is -4.19. The van der Waals surface area contributed by atoms with Crippen molar-refractivity contribution in [3.63, 3.8) is 0 Å². The van der Waals surface area contributed by atoms with Crippen LogP contribution in [0.2, 0.25) is 0 Å². The Morgan fingerprint density at radius 2 is 1.78 bits per heavy atom. The summed E-state index contributed by atoms with van der Waals surface area (Å²) in [5.41, 5.74) is 3.94. The minimum Gasteiger partial charge on any atom is -0.506 e. The smallest absolute Gasteiger partial charge is 0.224 e. The molecule has 0 aliphatic rings. The lowest BCUT2D eigenvalue weighted by molar-refractivity contribution is -0.120. The number of amides is 2. The van der Waals surface area contributed by atoms with Gasteiger partial charge in [0.05, 0.1) is 29.8 Å². The lowest BCUT2D eigenvalue weighted by Gasteiger charge is -2.28. The van der Waals surface area contributed by atoms with Crippen molar-refractivity contribution in [2.45, 2.75) is 44.9 Å². The molecule has 0 unspecified atom stereocenters. The van der Waals surface area contributed by atoms with E-state index in [0.29, 0.717) is 30.5 Å². The summed E-state index contributed by atoms with van der Waals surface area (Å²) in [5.74, 6) is -0.154. The lowest BCUT2D eigenvalue weighted by atomic mass is 9.93. The maximum Gasteiger partial charge on any atom is 0.224 e. The highest BCUT2D eigenvalue weighted by molar-refractivity contribution is 5.78. The number of phenols is 1. The molecule has 8 nitrogen and oxygen atoms in total. The topological polar surface area (TPSA) is 134 Å². The molecule has 0 aliphatic carbocycles. The summed E-state index contributed by atoms with van der Waals surface area (Å²) in [6.07, 6.45) is 0.570. The number of β-amino-alcohol motifs (C(OH)–C–C–N with tert-alkyl or cyclic N) is 1. The number of nitrogens with one attached hydrogen (secondary N) is 3. The van der Waals surface area contributed by atoms with Crippen LogP contribution in [0, 0.1) is 11.3 Å². The third kappa shape index (κ3) is 8.46. The van der Waals surface area contributed by atoms with Crippen LogP contribution in [0.3, 0.4) is 0 Å². The van der Waals surface area contributed by atoms with E-state index in [1.807, 2.05) is 50.2 Å². The highest BCUT2D eigenvalue weighted by Crippen LogP contribution is 2.27. The highest BCUT2D eigenvalue weighted by Gasteiger charge is 2.20. The normalized spacial score (nSPS) is 11.8. The van der Waals surface area contributed by atoms with Gasteiger partial charge >= 0.3 is 0 Å². The van der Waals surface area contributed by atoms with Crippen LogP contribution >= 0.6 is 0 Å². The third-order valence-electron chi connectivity index (χ3n) is 5.97. The van der Waals surface area contributed by atoms with E-state index in [1.54, 1.807) is 24.3 Å². The Morgan fingerprint density at radius 1 is 1.05 bits per heavy atom. The molecule has 2 amide bonds. The first-order valence-corrected chi connectivity index (χ1v) is 12.0. The van der Waals surface area contributed by atoms with Crippen LogP contribution in [0.1, 0.15) is 47.8 Å². The molecule has 0 saturated carbocycles. The van der Waals surface area contributed by atoms with Gasteiger partial charge in [-0.05, 0) is 66.8 Å². The Balaban J connectivity index is 1.52. The minimum atomic E-state index is -0.835. The largest absolute Gasteiger partial charge is 0.506 e. The Labute approximate surface area is 217 Å². The van der Waals surface area contributed by atoms with Gasteiger partial charge in [0, 0.05) is 18.6 Å². The fraction of sp³-hybridized carbons (Fsp3) is 0.276. The number of carbonyl (C=O) groups is 2. The molecule has 3 aromatic carbocycles. The Morgan fingerprint density at radius 3 is 2.49 bits per heavy atom. The van der Waals surface area contributed by atoms with E-state index < -0.39 is 6.10 Å². The van der Waals surface area contributed by atoms with Crippen LogP contribution in [-0.4, -0.2) is 34.6 Å². The fourth-order valence-corrected chi connectivity index (χ4v) is 4.00. The quantitative estimate of drug-likeness (QED) is 0.191. The molecular formula is C29H32N4O4. The van der Waals surface area contributed by atoms with Crippen LogP contribution < -0.4 is 16.0 Å². The second-order valence-electron chi connectivity index (χ2n) is 9.58. The van der Waals surface area contributed by atoms with Gasteiger partial charge in [0.2, 0.25) is 12.3 Å². The zero-order valence-electron chi connectivity index (χ0n) is 21.0. The number of rotatable bonds is 12. The molecule has 3 rings (SSSR count). The first-order valence-electron chi connectivity index (χ1n) is 12.0. The Kier molecular flexibility index (Phi) is 9.39. The number of aliphatic hydroxyl groups excluding tert-OH is 1. The van der Waals surface area contributed by atoms with E-state index in [-0.39, 0.29) is 35.8 Å². The molecule has 0 aromatic heterocycles. The number of nitriles is 1. The van der Waals surface area contributed by atoms with E-state index >= 15 is 0 Å². The second kappa shape index (κ2) is 12.7. The van der Waals surface area contributed by atoms with Gasteiger partial charge in [0.15, 0.2) is 0 Å². The number of aromatic hydroxyl groups is 1. The first-order chi connectivity index (χ1) is 17.7. The van der Waals surface area contributed by atoms with Gasteiger partial charge in [-0.2, -0.15) is 5.26 Å². The van der Waals surface area contributed by atoms with Crippen molar-refractivity contribution in [3.05, 3.63) is 94.5 Å². The van der Waals surface area contributed by atoms with Gasteiger partial charge in [-0.25, -0.2) is 0 Å². The SMILES string of the molecule is CC(C)(Cc1cccc(CC(=O)NCc2ccc(C#N)cc2)c1)NC[C@H](O)c1ccc(O)c(NC=O)c1. The summed E-state index contributed by atoms with van der Waals surface area (Å²) in [4.78, 5) is 23.2. The van der Waals surface area contributed by atoms with Crippen molar-refractivity contribution in [3.8, 4) is 11.8 Å². The molecule has 3 aromatic rings. The van der Waals surface area contributed by atoms with Crippen molar-refractivity contribution < 1.29 is 19.8 Å². The summed E-state index contributed by atoms with van der Waals surface area (Å²) in [5, 5.41) is 38.0. The number of phenolic OH excluding ortho intramolecular Hbond substituents is 1. The van der Waals surface area contributed by atoms with E-state index in [9.17, 15) is 19.8 Å². The number of hydrogen-bond acceptors (Lipinski definition) is 6. The molecule has 1 atom stereocenters. The molecule has 192 valence electrons. The van der Waals surface area contributed by atoms with Gasteiger partial charge < -0.3 is 26.2 Å². The molecule has 0 saturated heterocycles. The summed E-state index contributed by atoms with van der Waals surface area (Å²) < 4.78 is 0. The molecule has 0 spiro atoms. The monoisotopic (exact) mass is 500 g/mol. The van der Waals surface area contributed by atoms with Crippen LogP contribution in [-0.2, 0) is 29.0 Å². The minimum absolute atomic E-state index is 0.0702. The number of anilines is 1. The number of carbonyl (C=O) groups excluding carboxylic acids is 2. The molecule has 0 radical (unpaired) electrons. The summed E-state index contributed by atoms with van der Waals surface area (Å²) >= 11 is 0. The fourth-order valence-electron chi connectivity index (χ4n) is 4.00. The number of nitrogens with zero attached hydrogens (tertiary/aromatic N) is 1. The molecule has 0 heterocycles. The molecule has 37 heavy (non-hydrogen) atoms. The van der Waals surface area contributed by atoms with Crippen molar-refractivity contribution in [2.75, 3.05) is 11.9 Å². The number of benzene rings is 3. The third-order valence-corrected chi connectivity index (χ3v) is 5.97. The van der Waals surface area contributed by atoms with Crippen molar-refractivity contribution >= 4 is 18.0 Å². The molecule has 0 aliphatic heterocycles. The molecule has 5 N–H and O–H groups in total. The van der Waals surface area contributed by atoms with Crippen LogP contribution in [0.15, 0.2) is 66.7 Å². The van der Waals surface area contributed by atoms with E-state index in [2.05, 4.69) is 22.0 Å². The van der Waals surface area contributed by atoms with E-state index in [4.69, 9.17) is 5.26 Å². The summed E-state index contributed by atoms with van der Waals surface area (Å²) in [6.45, 7) is 4.74. The zero-order valence-corrected chi connectivity index (χ0v) is 21.0. The molecule has 8 heteroatoms. The van der Waals surface area contributed by atoms with Crippen LogP contribution in [0.5, 0.6) is 5.75 Å². The maximum atomic E-state index is 12.5. The Bertz CT molecular complexity index is 1270. The van der Waals surface area contributed by atoms with Crippen molar-refractivity contribution in [1.82, 2.24) is 10.6 Å². The average molecular weight is 501 g/mol. The van der Waals surface area contributed by atoms with Gasteiger partial charge in [-0.1, -0.05) is 42.5 Å². The van der Waals surface area contributed by atoms with E-state index in [1.165, 1.54) is 6.07 Å². The first kappa shape index (κ1) is 27.4. The van der Waals surface area contributed by atoms with Crippen molar-refractivity contribution in [1.29, 1.82) is 5.26 Å².